The molecule has 0 heterocycles. The molecule has 0 radical (unpaired) electrons. The Morgan fingerprint density at radius 1 is 1.20 bits per heavy atom. The molecule has 1 aliphatic rings. The van der Waals surface area contributed by atoms with Crippen molar-refractivity contribution in [3.8, 4) is 0 Å². The van der Waals surface area contributed by atoms with E-state index in [0.717, 1.165) is 19.3 Å². The fourth-order valence-corrected chi connectivity index (χ4v) is 4.01. The SMILES string of the molecule is OCCCC1(c2ccccc2)CC1(Br)Br. The molecule has 15 heavy (non-hydrogen) atoms. The van der Waals surface area contributed by atoms with Crippen LogP contribution in [0.4, 0.5) is 0 Å². The standard InChI is InChI=1S/C12H14Br2O/c13-12(14)9-11(12,7-4-8-15)10-5-2-1-3-6-10/h1-3,5-6,15H,4,7-9H2. The Kier molecular flexibility index (Phi) is 3.25. The number of hydrogen-bond acceptors (Lipinski definition) is 1. The first-order valence-corrected chi connectivity index (χ1v) is 6.75. The third-order valence-corrected chi connectivity index (χ3v) is 5.27. The molecule has 1 aromatic rings. The van der Waals surface area contributed by atoms with Crippen molar-refractivity contribution in [1.82, 2.24) is 0 Å². The van der Waals surface area contributed by atoms with Crippen LogP contribution in [0.25, 0.3) is 0 Å². The van der Waals surface area contributed by atoms with Crippen molar-refractivity contribution in [3.05, 3.63) is 35.9 Å². The molecule has 1 aliphatic carbocycles. The first-order valence-electron chi connectivity index (χ1n) is 5.17. The van der Waals surface area contributed by atoms with Crippen LogP contribution in [-0.4, -0.2) is 14.9 Å². The van der Waals surface area contributed by atoms with Crippen molar-refractivity contribution >= 4 is 31.9 Å². The Hall–Kier alpha value is 0.140. The number of aliphatic hydroxyl groups excluding tert-OH is 1. The van der Waals surface area contributed by atoms with Crippen molar-refractivity contribution in [2.75, 3.05) is 6.61 Å². The quantitative estimate of drug-likeness (QED) is 0.835. The molecule has 0 spiro atoms. The van der Waals surface area contributed by atoms with Gasteiger partial charge in [0.05, 0.1) is 3.23 Å². The lowest BCUT2D eigenvalue weighted by atomic mass is 9.91. The van der Waals surface area contributed by atoms with E-state index in [1.165, 1.54) is 5.56 Å². The zero-order valence-corrected chi connectivity index (χ0v) is 11.6. The largest absolute Gasteiger partial charge is 0.396 e. The van der Waals surface area contributed by atoms with Gasteiger partial charge in [-0.1, -0.05) is 62.2 Å². The van der Waals surface area contributed by atoms with Crippen LogP contribution in [0.15, 0.2) is 30.3 Å². The maximum Gasteiger partial charge on any atom is 0.0911 e. The van der Waals surface area contributed by atoms with Crippen LogP contribution >= 0.6 is 31.9 Å². The maximum absolute atomic E-state index is 8.94. The van der Waals surface area contributed by atoms with Gasteiger partial charge in [0.1, 0.15) is 0 Å². The second kappa shape index (κ2) is 4.19. The molecule has 1 atom stereocenters. The summed E-state index contributed by atoms with van der Waals surface area (Å²) in [7, 11) is 0. The number of benzene rings is 1. The van der Waals surface area contributed by atoms with E-state index in [1.54, 1.807) is 0 Å². The van der Waals surface area contributed by atoms with E-state index in [0.29, 0.717) is 0 Å². The van der Waals surface area contributed by atoms with Crippen LogP contribution in [0.5, 0.6) is 0 Å². The number of hydrogen-bond donors (Lipinski definition) is 1. The van der Waals surface area contributed by atoms with Crippen LogP contribution < -0.4 is 0 Å². The minimum absolute atomic E-state index is 0.0313. The van der Waals surface area contributed by atoms with Gasteiger partial charge in [-0.2, -0.15) is 0 Å². The van der Waals surface area contributed by atoms with Gasteiger partial charge in [-0.25, -0.2) is 0 Å². The fraction of sp³-hybridized carbons (Fsp3) is 0.500. The average molecular weight is 334 g/mol. The highest BCUT2D eigenvalue weighted by molar-refractivity contribution is 9.25. The molecule has 0 aromatic heterocycles. The summed E-state index contributed by atoms with van der Waals surface area (Å²) in [6, 6.07) is 10.5. The van der Waals surface area contributed by atoms with E-state index in [2.05, 4.69) is 56.1 Å². The third kappa shape index (κ3) is 2.02. The van der Waals surface area contributed by atoms with Gasteiger partial charge in [0, 0.05) is 12.0 Å². The summed E-state index contributed by atoms with van der Waals surface area (Å²) in [6.45, 7) is 0.269. The summed E-state index contributed by atoms with van der Waals surface area (Å²) in [4.78, 5) is 0. The van der Waals surface area contributed by atoms with Gasteiger partial charge >= 0.3 is 0 Å². The topological polar surface area (TPSA) is 20.2 Å². The monoisotopic (exact) mass is 332 g/mol. The summed E-state index contributed by atoms with van der Waals surface area (Å²) < 4.78 is 0.0313. The minimum atomic E-state index is 0.0313. The van der Waals surface area contributed by atoms with E-state index in [-0.39, 0.29) is 15.3 Å². The van der Waals surface area contributed by atoms with E-state index in [4.69, 9.17) is 5.11 Å². The zero-order chi connectivity index (χ0) is 10.9. The Morgan fingerprint density at radius 2 is 1.80 bits per heavy atom. The van der Waals surface area contributed by atoms with E-state index >= 15 is 0 Å². The highest BCUT2D eigenvalue weighted by Crippen LogP contribution is 2.69. The first kappa shape index (κ1) is 11.6. The smallest absolute Gasteiger partial charge is 0.0911 e. The molecule has 1 saturated carbocycles. The van der Waals surface area contributed by atoms with Gasteiger partial charge in [-0.05, 0) is 24.8 Å². The van der Waals surface area contributed by atoms with Crippen LogP contribution in [0, 0.1) is 0 Å². The molecule has 1 N–H and O–H groups in total. The lowest BCUT2D eigenvalue weighted by Crippen LogP contribution is -2.15. The summed E-state index contributed by atoms with van der Waals surface area (Å²) in [5.74, 6) is 0. The molecule has 2 rings (SSSR count). The van der Waals surface area contributed by atoms with Gasteiger partial charge in [-0.3, -0.25) is 0 Å². The molecular weight excluding hydrogens is 320 g/mol. The zero-order valence-electron chi connectivity index (χ0n) is 8.42. The normalized spacial score (nSPS) is 27.7. The summed E-state index contributed by atoms with van der Waals surface area (Å²) in [5, 5.41) is 8.94. The van der Waals surface area contributed by atoms with E-state index < -0.39 is 0 Å². The Labute approximate surface area is 107 Å². The molecule has 1 aromatic carbocycles. The van der Waals surface area contributed by atoms with Gasteiger partial charge in [0.2, 0.25) is 0 Å². The lowest BCUT2D eigenvalue weighted by molar-refractivity contribution is 0.277. The molecular formula is C12H14Br2O. The van der Waals surface area contributed by atoms with Gasteiger partial charge in [0.15, 0.2) is 0 Å². The average Bonchev–Trinajstić information content (AvgIpc) is 2.81. The molecule has 1 nitrogen and oxygen atoms in total. The lowest BCUT2D eigenvalue weighted by Gasteiger charge is -2.18. The Bertz CT molecular complexity index is 337. The molecule has 3 heteroatoms. The van der Waals surface area contributed by atoms with Crippen molar-refractivity contribution in [2.45, 2.75) is 27.9 Å². The highest BCUT2D eigenvalue weighted by atomic mass is 79.9. The Balaban J connectivity index is 2.23. The molecule has 82 valence electrons. The van der Waals surface area contributed by atoms with Crippen LogP contribution in [-0.2, 0) is 5.41 Å². The van der Waals surface area contributed by atoms with Crippen LogP contribution in [0.3, 0.4) is 0 Å². The maximum atomic E-state index is 8.94. The highest BCUT2D eigenvalue weighted by Gasteiger charge is 2.64. The van der Waals surface area contributed by atoms with Crippen molar-refractivity contribution in [3.63, 3.8) is 0 Å². The summed E-state index contributed by atoms with van der Waals surface area (Å²) in [6.07, 6.45) is 2.96. The second-order valence-electron chi connectivity index (χ2n) is 4.16. The molecule has 1 fully saturated rings. The first-order chi connectivity index (χ1) is 7.12. The van der Waals surface area contributed by atoms with Crippen LogP contribution in [0.1, 0.15) is 24.8 Å². The molecule has 0 saturated heterocycles. The van der Waals surface area contributed by atoms with Crippen molar-refractivity contribution in [1.29, 1.82) is 0 Å². The second-order valence-corrected chi connectivity index (χ2v) is 7.93. The summed E-state index contributed by atoms with van der Waals surface area (Å²) >= 11 is 7.42. The fourth-order valence-electron chi connectivity index (χ4n) is 2.20. The minimum Gasteiger partial charge on any atom is -0.396 e. The number of halogens is 2. The van der Waals surface area contributed by atoms with E-state index in [9.17, 15) is 0 Å². The molecule has 0 aliphatic heterocycles. The summed E-state index contributed by atoms with van der Waals surface area (Å²) in [5.41, 5.74) is 1.52. The predicted molar refractivity (Wildman–Crippen MR) is 69.6 cm³/mol. The third-order valence-electron chi connectivity index (χ3n) is 3.19. The van der Waals surface area contributed by atoms with Crippen molar-refractivity contribution in [2.24, 2.45) is 0 Å². The van der Waals surface area contributed by atoms with Crippen LogP contribution in [0.2, 0.25) is 0 Å². The molecule has 0 bridgehead atoms. The number of aliphatic hydroxyl groups is 1. The van der Waals surface area contributed by atoms with Gasteiger partial charge < -0.3 is 5.11 Å². The van der Waals surface area contributed by atoms with Gasteiger partial charge in [0.25, 0.3) is 0 Å². The number of rotatable bonds is 4. The van der Waals surface area contributed by atoms with Gasteiger partial charge in [-0.15, -0.1) is 0 Å². The van der Waals surface area contributed by atoms with Crippen molar-refractivity contribution < 1.29 is 5.11 Å². The molecule has 0 amide bonds. The molecule has 1 unspecified atom stereocenters. The van der Waals surface area contributed by atoms with E-state index in [1.807, 2.05) is 6.07 Å². The Morgan fingerprint density at radius 3 is 2.27 bits per heavy atom. The number of alkyl halides is 2. The predicted octanol–water partition coefficient (Wildman–Crippen LogP) is 3.59.